The van der Waals surface area contributed by atoms with Crippen molar-refractivity contribution in [1.82, 2.24) is 0 Å². The molecule has 1 atom stereocenters. The van der Waals surface area contributed by atoms with Gasteiger partial charge in [-0.05, 0) is 49.6 Å². The molecule has 0 spiro atoms. The van der Waals surface area contributed by atoms with E-state index < -0.39 is 10.0 Å². The number of carbonyl (C=O) groups is 1. The van der Waals surface area contributed by atoms with E-state index in [9.17, 15) is 13.2 Å². The molecule has 1 aliphatic heterocycles. The van der Waals surface area contributed by atoms with Gasteiger partial charge in [-0.1, -0.05) is 38.5 Å². The normalized spacial score (nSPS) is 19.0. The summed E-state index contributed by atoms with van der Waals surface area (Å²) in [5, 5.41) is 2.86. The lowest BCUT2D eigenvalue weighted by Gasteiger charge is -2.33. The van der Waals surface area contributed by atoms with Gasteiger partial charge >= 0.3 is 0 Å². The average Bonchev–Trinajstić information content (AvgIpc) is 2.66. The molecule has 1 unspecified atom stereocenters. The molecule has 6 nitrogen and oxygen atoms in total. The molecule has 1 heterocycles. The van der Waals surface area contributed by atoms with Gasteiger partial charge in [0.25, 0.3) is 10.0 Å². The van der Waals surface area contributed by atoms with Crippen molar-refractivity contribution in [3.63, 3.8) is 0 Å². The fraction of sp³-hybridized carbons (Fsp3) is 0.364. The Labute approximate surface area is 171 Å². The van der Waals surface area contributed by atoms with Crippen molar-refractivity contribution in [3.05, 3.63) is 48.5 Å². The molecule has 0 saturated heterocycles. The van der Waals surface area contributed by atoms with Crippen molar-refractivity contribution in [2.24, 2.45) is 16.2 Å². The number of sulfonamides is 1. The molecular weight excluding hydrogens is 386 g/mol. The van der Waals surface area contributed by atoms with Gasteiger partial charge in [-0.25, -0.2) is 0 Å². The van der Waals surface area contributed by atoms with Gasteiger partial charge in [0.2, 0.25) is 5.91 Å². The molecule has 1 N–H and O–H groups in total. The predicted octanol–water partition coefficient (Wildman–Crippen LogP) is 4.71. The van der Waals surface area contributed by atoms with Gasteiger partial charge in [-0.15, -0.1) is 4.40 Å². The fourth-order valence-corrected chi connectivity index (χ4v) is 4.88. The van der Waals surface area contributed by atoms with Crippen molar-refractivity contribution < 1.29 is 13.2 Å². The molecule has 1 aliphatic carbocycles. The third kappa shape index (κ3) is 3.67. The lowest BCUT2D eigenvalue weighted by Crippen LogP contribution is -2.36. The number of carbonyl (C=O) groups excluding carboxylic acids is 1. The second kappa shape index (κ2) is 7.63. The largest absolute Gasteiger partial charge is 0.326 e. The van der Waals surface area contributed by atoms with Crippen molar-refractivity contribution in [2.75, 3.05) is 10.2 Å². The van der Waals surface area contributed by atoms with Crippen LogP contribution in [0.3, 0.4) is 0 Å². The number of fused-ring (bicyclic) bond motifs is 1. The summed E-state index contributed by atoms with van der Waals surface area (Å²) < 4.78 is 30.2. The molecule has 2 aromatic carbocycles. The molecule has 2 aliphatic rings. The Morgan fingerprint density at radius 3 is 2.55 bits per heavy atom. The standard InChI is InChI=1S/C22H25N3O3S/c1-3-15(2)21-24-29(27,28)20-14-17(23-22(26)16-8-7-9-16)12-13-19(20)25(21)18-10-5-4-6-11-18/h4-6,10-16H,3,7-9H2,1-2H3,(H,23,26). The van der Waals surface area contributed by atoms with Crippen molar-refractivity contribution in [3.8, 4) is 0 Å². The summed E-state index contributed by atoms with van der Waals surface area (Å²) >= 11 is 0. The Balaban J connectivity index is 1.79. The van der Waals surface area contributed by atoms with E-state index in [2.05, 4.69) is 9.71 Å². The molecule has 7 heteroatoms. The van der Waals surface area contributed by atoms with E-state index >= 15 is 0 Å². The highest BCUT2D eigenvalue weighted by molar-refractivity contribution is 7.90. The molecule has 1 saturated carbocycles. The number of benzene rings is 2. The SMILES string of the molecule is CCC(C)C1=NS(=O)(=O)c2cc(NC(=O)C3CCC3)ccc2N1c1ccccc1. The van der Waals surface area contributed by atoms with Crippen molar-refractivity contribution in [1.29, 1.82) is 0 Å². The number of para-hydroxylation sites is 1. The minimum absolute atomic E-state index is 0.0264. The average molecular weight is 412 g/mol. The first-order valence-electron chi connectivity index (χ1n) is 10.1. The maximum Gasteiger partial charge on any atom is 0.286 e. The van der Waals surface area contributed by atoms with Crippen LogP contribution in [0.2, 0.25) is 0 Å². The van der Waals surface area contributed by atoms with Crippen LogP contribution in [0.4, 0.5) is 17.1 Å². The lowest BCUT2D eigenvalue weighted by molar-refractivity contribution is -0.122. The third-order valence-electron chi connectivity index (χ3n) is 5.73. The Morgan fingerprint density at radius 1 is 1.21 bits per heavy atom. The van der Waals surface area contributed by atoms with E-state index in [-0.39, 0.29) is 22.6 Å². The van der Waals surface area contributed by atoms with Crippen LogP contribution in [0.1, 0.15) is 39.5 Å². The van der Waals surface area contributed by atoms with E-state index in [1.165, 1.54) is 6.07 Å². The first kappa shape index (κ1) is 19.6. The van der Waals surface area contributed by atoms with Gasteiger partial charge < -0.3 is 5.32 Å². The first-order valence-corrected chi connectivity index (χ1v) is 11.5. The zero-order chi connectivity index (χ0) is 20.6. The van der Waals surface area contributed by atoms with Gasteiger partial charge in [0.15, 0.2) is 0 Å². The number of hydrogen-bond acceptors (Lipinski definition) is 4. The number of amidine groups is 1. The van der Waals surface area contributed by atoms with Crippen LogP contribution in [0.25, 0.3) is 0 Å². The highest BCUT2D eigenvalue weighted by Gasteiger charge is 2.34. The first-order chi connectivity index (χ1) is 13.9. The molecular formula is C22H25N3O3S. The van der Waals surface area contributed by atoms with Crippen LogP contribution < -0.4 is 10.2 Å². The second-order valence-electron chi connectivity index (χ2n) is 7.70. The van der Waals surface area contributed by atoms with Crippen LogP contribution in [0.15, 0.2) is 57.8 Å². The minimum atomic E-state index is -3.86. The quantitative estimate of drug-likeness (QED) is 0.773. The summed E-state index contributed by atoms with van der Waals surface area (Å²) in [7, 11) is -3.86. The van der Waals surface area contributed by atoms with Crippen molar-refractivity contribution in [2.45, 2.75) is 44.4 Å². The highest BCUT2D eigenvalue weighted by atomic mass is 32.2. The predicted molar refractivity (Wildman–Crippen MR) is 115 cm³/mol. The van der Waals surface area contributed by atoms with E-state index in [0.717, 1.165) is 31.4 Å². The zero-order valence-electron chi connectivity index (χ0n) is 16.6. The number of rotatable bonds is 5. The summed E-state index contributed by atoms with van der Waals surface area (Å²) in [6.45, 7) is 3.99. The molecule has 4 rings (SSSR count). The highest BCUT2D eigenvalue weighted by Crippen LogP contribution is 2.40. The zero-order valence-corrected chi connectivity index (χ0v) is 17.4. The van der Waals surface area contributed by atoms with Gasteiger partial charge in [0.05, 0.1) is 5.69 Å². The van der Waals surface area contributed by atoms with Gasteiger partial charge in [-0.3, -0.25) is 9.69 Å². The molecule has 1 amide bonds. The molecule has 0 bridgehead atoms. The lowest BCUT2D eigenvalue weighted by atomic mass is 9.85. The summed E-state index contributed by atoms with van der Waals surface area (Å²) in [6, 6.07) is 14.7. The number of nitrogens with one attached hydrogen (secondary N) is 1. The number of anilines is 3. The van der Waals surface area contributed by atoms with Gasteiger partial charge in [0, 0.05) is 23.2 Å². The van der Waals surface area contributed by atoms with Crippen LogP contribution in [0, 0.1) is 11.8 Å². The summed E-state index contributed by atoms with van der Waals surface area (Å²) in [6.07, 6.45) is 3.61. The van der Waals surface area contributed by atoms with E-state index in [4.69, 9.17) is 0 Å². The van der Waals surface area contributed by atoms with E-state index in [1.807, 2.05) is 49.1 Å². The topological polar surface area (TPSA) is 78.8 Å². The molecule has 152 valence electrons. The third-order valence-corrected chi connectivity index (χ3v) is 7.04. The fourth-order valence-electron chi connectivity index (χ4n) is 3.58. The molecule has 29 heavy (non-hydrogen) atoms. The number of amides is 1. The van der Waals surface area contributed by atoms with E-state index in [0.29, 0.717) is 17.2 Å². The molecule has 0 radical (unpaired) electrons. The maximum atomic E-state index is 13.0. The summed E-state index contributed by atoms with van der Waals surface area (Å²) in [5.41, 5.74) is 1.90. The van der Waals surface area contributed by atoms with Gasteiger partial charge in [-0.2, -0.15) is 8.42 Å². The molecule has 1 fully saturated rings. The van der Waals surface area contributed by atoms with E-state index in [1.54, 1.807) is 12.1 Å². The Morgan fingerprint density at radius 2 is 1.93 bits per heavy atom. The Hall–Kier alpha value is -2.67. The summed E-state index contributed by atoms with van der Waals surface area (Å²) in [4.78, 5) is 14.3. The van der Waals surface area contributed by atoms with Crippen molar-refractivity contribution >= 4 is 38.8 Å². The van der Waals surface area contributed by atoms with Crippen LogP contribution >= 0.6 is 0 Å². The van der Waals surface area contributed by atoms with Crippen LogP contribution in [-0.4, -0.2) is 20.2 Å². The monoisotopic (exact) mass is 411 g/mol. The number of hydrogen-bond donors (Lipinski definition) is 1. The smallest absolute Gasteiger partial charge is 0.286 e. The molecule has 0 aromatic heterocycles. The number of nitrogens with zero attached hydrogens (tertiary/aromatic N) is 2. The summed E-state index contributed by atoms with van der Waals surface area (Å²) in [5.74, 6) is 0.459. The maximum absolute atomic E-state index is 13.0. The minimum Gasteiger partial charge on any atom is -0.326 e. The molecule has 2 aromatic rings. The van der Waals surface area contributed by atoms with Crippen LogP contribution in [-0.2, 0) is 14.8 Å². The van der Waals surface area contributed by atoms with Gasteiger partial charge in [0.1, 0.15) is 10.7 Å². The Kier molecular flexibility index (Phi) is 5.17. The Bertz CT molecular complexity index is 1060. The van der Waals surface area contributed by atoms with Crippen LogP contribution in [0.5, 0.6) is 0 Å². The second-order valence-corrected chi connectivity index (χ2v) is 9.28.